The van der Waals surface area contributed by atoms with Gasteiger partial charge in [-0.3, -0.25) is 9.59 Å². The van der Waals surface area contributed by atoms with Crippen molar-refractivity contribution in [1.29, 1.82) is 0 Å². The second-order valence-electron chi connectivity index (χ2n) is 8.95. The molecule has 5 rings (SSSR count). The number of nitrogens with one attached hydrogen (secondary N) is 1. The number of carbonyl (C=O) groups is 1. The van der Waals surface area contributed by atoms with E-state index >= 15 is 0 Å². The third-order valence-electron chi connectivity index (χ3n) is 6.44. The highest BCUT2D eigenvalue weighted by molar-refractivity contribution is 6.00. The van der Waals surface area contributed by atoms with Crippen LogP contribution < -0.4 is 10.9 Å². The lowest BCUT2D eigenvalue weighted by molar-refractivity contribution is 0.0933. The maximum absolute atomic E-state index is 13.4. The summed E-state index contributed by atoms with van der Waals surface area (Å²) in [7, 11) is 0. The zero-order valence-electron chi connectivity index (χ0n) is 18.9. The summed E-state index contributed by atoms with van der Waals surface area (Å²) in [5.74, 6) is -0.526. The average Bonchev–Trinajstić information content (AvgIpc) is 3.00. The molecule has 3 aliphatic rings. The van der Waals surface area contributed by atoms with Crippen LogP contribution >= 0.6 is 0 Å². The third kappa shape index (κ3) is 4.64. The van der Waals surface area contributed by atoms with E-state index in [4.69, 9.17) is 0 Å². The summed E-state index contributed by atoms with van der Waals surface area (Å²) in [4.78, 5) is 26.7. The standard InChI is InChI=1S/C27H27FN4O2/c28-20-14-12-19(13-15-20)16-31-17-23(26(33)29-21-8-4-1-2-5-9-21)25-24(18-31)27(34)32(30-25)22-10-6-3-7-11-22/h3,6-7,10-15,17-18,21H,1-2,4-5,8-9,16H2,(H,29,33). The van der Waals surface area contributed by atoms with Crippen molar-refractivity contribution in [3.8, 4) is 16.9 Å². The second kappa shape index (κ2) is 9.63. The van der Waals surface area contributed by atoms with Crippen molar-refractivity contribution >= 4 is 5.91 Å². The Labute approximate surface area is 197 Å². The van der Waals surface area contributed by atoms with Crippen LogP contribution in [0, 0.1) is 5.82 Å². The summed E-state index contributed by atoms with van der Waals surface area (Å²) in [6.07, 6.45) is 9.97. The molecule has 1 aliphatic carbocycles. The van der Waals surface area contributed by atoms with E-state index in [1.165, 1.54) is 29.7 Å². The van der Waals surface area contributed by atoms with Crippen molar-refractivity contribution in [3.05, 3.63) is 94.3 Å². The molecule has 2 aromatic carbocycles. The molecule has 174 valence electrons. The molecule has 6 nitrogen and oxygen atoms in total. The number of aromatic nitrogens is 3. The summed E-state index contributed by atoms with van der Waals surface area (Å²) in [6, 6.07) is 15.5. The number of benzene rings is 2. The van der Waals surface area contributed by atoms with Crippen molar-refractivity contribution in [2.24, 2.45) is 0 Å². The summed E-state index contributed by atoms with van der Waals surface area (Å²) in [5, 5.41) is 7.74. The van der Waals surface area contributed by atoms with Crippen LogP contribution in [0.3, 0.4) is 0 Å². The highest BCUT2D eigenvalue weighted by Crippen LogP contribution is 2.24. The molecule has 1 fully saturated rings. The number of rotatable bonds is 5. The number of pyridine rings is 1. The first kappa shape index (κ1) is 22.1. The third-order valence-corrected chi connectivity index (χ3v) is 6.44. The summed E-state index contributed by atoms with van der Waals surface area (Å²) in [5.41, 5.74) is 2.36. The molecule has 0 aromatic heterocycles. The Bertz CT molecular complexity index is 1300. The maximum atomic E-state index is 13.4. The molecule has 0 radical (unpaired) electrons. The molecule has 1 saturated carbocycles. The van der Waals surface area contributed by atoms with Gasteiger partial charge in [0.25, 0.3) is 11.5 Å². The fourth-order valence-corrected chi connectivity index (χ4v) is 4.65. The van der Waals surface area contributed by atoms with Crippen LogP contribution in [-0.4, -0.2) is 26.3 Å². The number of amides is 1. The number of hydrogen-bond donors (Lipinski definition) is 1. The van der Waals surface area contributed by atoms with E-state index in [1.807, 2.05) is 30.3 Å². The fraction of sp³-hybridized carbons (Fsp3) is 0.296. The van der Waals surface area contributed by atoms with Gasteiger partial charge in [0.1, 0.15) is 11.5 Å². The van der Waals surface area contributed by atoms with Crippen LogP contribution in [0.4, 0.5) is 4.39 Å². The van der Waals surface area contributed by atoms with E-state index in [1.54, 1.807) is 29.1 Å². The van der Waals surface area contributed by atoms with Gasteiger partial charge in [0.15, 0.2) is 0 Å². The Kier molecular flexibility index (Phi) is 6.25. The van der Waals surface area contributed by atoms with Crippen LogP contribution in [0.15, 0.2) is 71.8 Å². The van der Waals surface area contributed by atoms with Crippen LogP contribution in [0.5, 0.6) is 0 Å². The first-order valence-corrected chi connectivity index (χ1v) is 11.8. The van der Waals surface area contributed by atoms with E-state index in [9.17, 15) is 14.0 Å². The zero-order chi connectivity index (χ0) is 23.5. The normalized spacial score (nSPS) is 14.7. The van der Waals surface area contributed by atoms with Gasteiger partial charge < -0.3 is 9.88 Å². The van der Waals surface area contributed by atoms with Gasteiger partial charge in [-0.1, -0.05) is 56.0 Å². The van der Waals surface area contributed by atoms with E-state index in [0.717, 1.165) is 31.2 Å². The number of carbonyl (C=O) groups excluding carboxylic acids is 1. The molecule has 2 aliphatic heterocycles. The second-order valence-corrected chi connectivity index (χ2v) is 8.95. The molecule has 7 heteroatoms. The van der Waals surface area contributed by atoms with Crippen molar-refractivity contribution in [2.75, 3.05) is 0 Å². The Morgan fingerprint density at radius 1 is 0.971 bits per heavy atom. The molecular weight excluding hydrogens is 431 g/mol. The molecular formula is C27H27FN4O2. The van der Waals surface area contributed by atoms with Gasteiger partial charge in [-0.2, -0.15) is 9.78 Å². The quantitative estimate of drug-likeness (QED) is 0.438. The first-order chi connectivity index (χ1) is 16.6. The van der Waals surface area contributed by atoms with Crippen molar-refractivity contribution in [1.82, 2.24) is 19.7 Å². The molecule has 2 aromatic rings. The van der Waals surface area contributed by atoms with E-state index in [0.29, 0.717) is 29.1 Å². The highest BCUT2D eigenvalue weighted by Gasteiger charge is 2.26. The molecule has 0 bridgehead atoms. The Morgan fingerprint density at radius 2 is 1.68 bits per heavy atom. The molecule has 0 spiro atoms. The summed E-state index contributed by atoms with van der Waals surface area (Å²) in [6.45, 7) is 0.399. The van der Waals surface area contributed by atoms with E-state index < -0.39 is 0 Å². The van der Waals surface area contributed by atoms with Gasteiger partial charge in [0.2, 0.25) is 0 Å². The smallest absolute Gasteiger partial charge is 0.282 e. The van der Waals surface area contributed by atoms with Crippen molar-refractivity contribution in [3.63, 3.8) is 0 Å². The number of para-hydroxylation sites is 1. The first-order valence-electron chi connectivity index (χ1n) is 11.8. The number of hydrogen-bond acceptors (Lipinski definition) is 3. The van der Waals surface area contributed by atoms with Crippen LogP contribution in [-0.2, 0) is 6.54 Å². The molecule has 0 unspecified atom stereocenters. The Hall–Kier alpha value is -3.74. The predicted molar refractivity (Wildman–Crippen MR) is 129 cm³/mol. The number of fused-ring (bicyclic) bond motifs is 1. The minimum Gasteiger partial charge on any atom is -0.349 e. The van der Waals surface area contributed by atoms with E-state index in [-0.39, 0.29) is 23.3 Å². The number of nitrogens with zero attached hydrogens (tertiary/aromatic N) is 3. The number of halogens is 1. The van der Waals surface area contributed by atoms with Crippen LogP contribution in [0.2, 0.25) is 0 Å². The minimum atomic E-state index is -0.307. The topological polar surface area (TPSA) is 68.9 Å². The van der Waals surface area contributed by atoms with Gasteiger partial charge in [-0.15, -0.1) is 0 Å². The lowest BCUT2D eigenvalue weighted by atomic mass is 10.1. The highest BCUT2D eigenvalue weighted by atomic mass is 19.1. The van der Waals surface area contributed by atoms with Crippen LogP contribution in [0.25, 0.3) is 16.9 Å². The lowest BCUT2D eigenvalue weighted by Crippen LogP contribution is -2.35. The van der Waals surface area contributed by atoms with Crippen LogP contribution in [0.1, 0.15) is 54.4 Å². The largest absolute Gasteiger partial charge is 0.349 e. The zero-order valence-corrected chi connectivity index (χ0v) is 18.9. The maximum Gasteiger partial charge on any atom is 0.282 e. The van der Waals surface area contributed by atoms with E-state index in [2.05, 4.69) is 10.4 Å². The lowest BCUT2D eigenvalue weighted by Gasteiger charge is -2.18. The fourth-order valence-electron chi connectivity index (χ4n) is 4.65. The summed E-state index contributed by atoms with van der Waals surface area (Å²) < 4.78 is 16.5. The Morgan fingerprint density at radius 3 is 2.38 bits per heavy atom. The molecule has 1 N–H and O–H groups in total. The SMILES string of the molecule is O=C(NC1CCCCCC1)c1cn(Cc2ccc(F)cc2)cc2c(=O)n(-c3ccccc3)nc1-2. The van der Waals surface area contributed by atoms with Gasteiger partial charge in [-0.25, -0.2) is 4.39 Å². The molecule has 34 heavy (non-hydrogen) atoms. The summed E-state index contributed by atoms with van der Waals surface area (Å²) >= 11 is 0. The van der Waals surface area contributed by atoms with Crippen molar-refractivity contribution in [2.45, 2.75) is 51.1 Å². The monoisotopic (exact) mass is 458 g/mol. The van der Waals surface area contributed by atoms with Gasteiger partial charge in [-0.05, 0) is 42.7 Å². The van der Waals surface area contributed by atoms with Gasteiger partial charge in [0, 0.05) is 25.0 Å². The molecule has 1 amide bonds. The molecule has 0 saturated heterocycles. The molecule has 2 heterocycles. The molecule has 0 atom stereocenters. The predicted octanol–water partition coefficient (Wildman–Crippen LogP) is 4.78. The van der Waals surface area contributed by atoms with Crippen molar-refractivity contribution < 1.29 is 9.18 Å². The van der Waals surface area contributed by atoms with Gasteiger partial charge >= 0.3 is 0 Å². The average molecular weight is 459 g/mol. The minimum absolute atomic E-state index is 0.124. The Balaban J connectivity index is 1.56. The van der Waals surface area contributed by atoms with Gasteiger partial charge in [0.05, 0.1) is 16.8 Å².